The molecule has 0 N–H and O–H groups in total. The molecule has 1 aromatic rings. The van der Waals surface area contributed by atoms with Gasteiger partial charge in [0.05, 0.1) is 6.61 Å². The molecule has 2 heteroatoms. The average molecular weight is 208 g/mol. The van der Waals surface area contributed by atoms with Crippen LogP contribution in [-0.2, 0) is 4.74 Å². The molecular formula is C13H20O2. The van der Waals surface area contributed by atoms with Crippen molar-refractivity contribution in [2.75, 3.05) is 13.2 Å². The summed E-state index contributed by atoms with van der Waals surface area (Å²) in [5, 5.41) is 0. The molecule has 0 fully saturated rings. The van der Waals surface area contributed by atoms with E-state index < -0.39 is 0 Å². The topological polar surface area (TPSA) is 18.5 Å². The summed E-state index contributed by atoms with van der Waals surface area (Å²) in [4.78, 5) is 0. The molecule has 0 aromatic heterocycles. The van der Waals surface area contributed by atoms with E-state index in [2.05, 4.69) is 13.8 Å². The zero-order valence-electron chi connectivity index (χ0n) is 9.82. The average Bonchev–Trinajstić information content (AvgIpc) is 2.18. The maximum atomic E-state index is 5.87. The number of benzene rings is 1. The molecular weight excluding hydrogens is 188 g/mol. The zero-order chi connectivity index (χ0) is 11.1. The molecule has 0 heterocycles. The lowest BCUT2D eigenvalue weighted by molar-refractivity contribution is 0.0505. The van der Waals surface area contributed by atoms with Crippen molar-refractivity contribution in [3.63, 3.8) is 0 Å². The first kappa shape index (κ1) is 12.1. The summed E-state index contributed by atoms with van der Waals surface area (Å²) in [6.45, 7) is 7.68. The van der Waals surface area contributed by atoms with Crippen LogP contribution in [0.15, 0.2) is 30.3 Å². The predicted molar refractivity (Wildman–Crippen MR) is 62.3 cm³/mol. The summed E-state index contributed by atoms with van der Waals surface area (Å²) in [5.41, 5.74) is -0.170. The Balaban J connectivity index is 2.42. The van der Waals surface area contributed by atoms with Gasteiger partial charge in [-0.15, -0.1) is 0 Å². The normalized spacial score (nSPS) is 11.4. The molecule has 0 atom stereocenters. The monoisotopic (exact) mass is 208 g/mol. The fourth-order valence-corrected chi connectivity index (χ4v) is 1.32. The van der Waals surface area contributed by atoms with Crippen molar-refractivity contribution in [1.82, 2.24) is 0 Å². The Kier molecular flexibility index (Phi) is 4.63. The van der Waals surface area contributed by atoms with Crippen molar-refractivity contribution in [1.29, 1.82) is 0 Å². The van der Waals surface area contributed by atoms with Gasteiger partial charge in [0.25, 0.3) is 0 Å². The summed E-state index contributed by atoms with van der Waals surface area (Å²) < 4.78 is 11.2. The molecule has 0 spiro atoms. The zero-order valence-corrected chi connectivity index (χ0v) is 9.82. The molecule has 0 amide bonds. The van der Waals surface area contributed by atoms with Crippen LogP contribution in [0.1, 0.15) is 27.2 Å². The van der Waals surface area contributed by atoms with E-state index in [4.69, 9.17) is 9.47 Å². The van der Waals surface area contributed by atoms with Gasteiger partial charge in [0, 0.05) is 13.0 Å². The number of para-hydroxylation sites is 1. The van der Waals surface area contributed by atoms with Crippen LogP contribution in [0.4, 0.5) is 0 Å². The molecule has 0 aliphatic rings. The van der Waals surface area contributed by atoms with E-state index in [1.54, 1.807) is 0 Å². The van der Waals surface area contributed by atoms with Crippen LogP contribution in [-0.4, -0.2) is 18.8 Å². The number of hydrogen-bond acceptors (Lipinski definition) is 2. The van der Waals surface area contributed by atoms with Crippen LogP contribution in [0, 0.1) is 0 Å². The lowest BCUT2D eigenvalue weighted by atomic mass is 10.1. The fourth-order valence-electron chi connectivity index (χ4n) is 1.32. The van der Waals surface area contributed by atoms with Crippen LogP contribution in [0.2, 0.25) is 0 Å². The Bertz CT molecular complexity index is 267. The van der Waals surface area contributed by atoms with Crippen molar-refractivity contribution in [2.45, 2.75) is 32.8 Å². The molecule has 0 aliphatic heterocycles. The highest BCUT2D eigenvalue weighted by molar-refractivity contribution is 5.21. The van der Waals surface area contributed by atoms with Gasteiger partial charge in [0.15, 0.2) is 0 Å². The van der Waals surface area contributed by atoms with Gasteiger partial charge in [0.2, 0.25) is 0 Å². The molecule has 2 nitrogen and oxygen atoms in total. The SMILES string of the molecule is CCOCCC(C)(C)Oc1ccccc1. The van der Waals surface area contributed by atoms with E-state index in [-0.39, 0.29) is 5.60 Å². The molecule has 0 saturated heterocycles. The molecule has 0 saturated carbocycles. The predicted octanol–water partition coefficient (Wildman–Crippen LogP) is 3.27. The highest BCUT2D eigenvalue weighted by Gasteiger charge is 2.19. The molecule has 1 aromatic carbocycles. The first-order valence-electron chi connectivity index (χ1n) is 5.46. The van der Waals surface area contributed by atoms with Gasteiger partial charge in [-0.3, -0.25) is 0 Å². The van der Waals surface area contributed by atoms with Crippen molar-refractivity contribution >= 4 is 0 Å². The van der Waals surface area contributed by atoms with Crippen LogP contribution in [0.25, 0.3) is 0 Å². The molecule has 0 aliphatic carbocycles. The van der Waals surface area contributed by atoms with Gasteiger partial charge in [-0.1, -0.05) is 18.2 Å². The second kappa shape index (κ2) is 5.76. The summed E-state index contributed by atoms with van der Waals surface area (Å²) in [5.74, 6) is 0.916. The molecule has 1 rings (SSSR count). The lowest BCUT2D eigenvalue weighted by Gasteiger charge is -2.26. The highest BCUT2D eigenvalue weighted by Crippen LogP contribution is 2.20. The quantitative estimate of drug-likeness (QED) is 0.668. The van der Waals surface area contributed by atoms with E-state index in [0.717, 1.165) is 25.4 Å². The van der Waals surface area contributed by atoms with Crippen LogP contribution in [0.5, 0.6) is 5.75 Å². The van der Waals surface area contributed by atoms with Crippen LogP contribution in [0.3, 0.4) is 0 Å². The lowest BCUT2D eigenvalue weighted by Crippen LogP contribution is -2.29. The van der Waals surface area contributed by atoms with Crippen molar-refractivity contribution in [3.8, 4) is 5.75 Å². The van der Waals surface area contributed by atoms with Gasteiger partial charge in [0.1, 0.15) is 11.4 Å². The third-order valence-corrected chi connectivity index (χ3v) is 2.19. The Morgan fingerprint density at radius 1 is 1.13 bits per heavy atom. The van der Waals surface area contributed by atoms with Gasteiger partial charge in [-0.2, -0.15) is 0 Å². The van der Waals surface area contributed by atoms with E-state index in [1.165, 1.54) is 0 Å². The van der Waals surface area contributed by atoms with E-state index in [0.29, 0.717) is 0 Å². The Labute approximate surface area is 92.2 Å². The number of rotatable bonds is 6. The molecule has 0 bridgehead atoms. The first-order valence-corrected chi connectivity index (χ1v) is 5.46. The van der Waals surface area contributed by atoms with Gasteiger partial charge in [-0.05, 0) is 32.9 Å². The minimum Gasteiger partial charge on any atom is -0.488 e. The molecule has 0 unspecified atom stereocenters. The second-order valence-corrected chi connectivity index (χ2v) is 4.12. The van der Waals surface area contributed by atoms with Gasteiger partial charge >= 0.3 is 0 Å². The largest absolute Gasteiger partial charge is 0.488 e. The summed E-state index contributed by atoms with van der Waals surface area (Å²) in [6.07, 6.45) is 0.899. The number of ether oxygens (including phenoxy) is 2. The Morgan fingerprint density at radius 2 is 1.80 bits per heavy atom. The molecule has 15 heavy (non-hydrogen) atoms. The van der Waals surface area contributed by atoms with Gasteiger partial charge in [-0.25, -0.2) is 0 Å². The molecule has 0 radical (unpaired) electrons. The van der Waals surface area contributed by atoms with Crippen LogP contribution < -0.4 is 4.74 Å². The maximum absolute atomic E-state index is 5.87. The van der Waals surface area contributed by atoms with Gasteiger partial charge < -0.3 is 9.47 Å². The third kappa shape index (κ3) is 4.84. The Morgan fingerprint density at radius 3 is 2.40 bits per heavy atom. The first-order chi connectivity index (χ1) is 7.14. The minimum absolute atomic E-state index is 0.170. The summed E-state index contributed by atoms with van der Waals surface area (Å²) in [7, 11) is 0. The minimum atomic E-state index is -0.170. The summed E-state index contributed by atoms with van der Waals surface area (Å²) >= 11 is 0. The van der Waals surface area contributed by atoms with Crippen LogP contribution >= 0.6 is 0 Å². The van der Waals surface area contributed by atoms with Crippen molar-refractivity contribution in [3.05, 3.63) is 30.3 Å². The summed E-state index contributed by atoms with van der Waals surface area (Å²) in [6, 6.07) is 9.90. The van der Waals surface area contributed by atoms with E-state index in [1.807, 2.05) is 37.3 Å². The number of hydrogen-bond donors (Lipinski definition) is 0. The van der Waals surface area contributed by atoms with Crippen molar-refractivity contribution < 1.29 is 9.47 Å². The smallest absolute Gasteiger partial charge is 0.120 e. The maximum Gasteiger partial charge on any atom is 0.120 e. The van der Waals surface area contributed by atoms with E-state index in [9.17, 15) is 0 Å². The molecule has 84 valence electrons. The Hall–Kier alpha value is -1.02. The second-order valence-electron chi connectivity index (χ2n) is 4.12. The third-order valence-electron chi connectivity index (χ3n) is 2.19. The highest BCUT2D eigenvalue weighted by atomic mass is 16.5. The van der Waals surface area contributed by atoms with Crippen molar-refractivity contribution in [2.24, 2.45) is 0 Å². The van der Waals surface area contributed by atoms with E-state index >= 15 is 0 Å². The standard InChI is InChI=1S/C13H20O2/c1-4-14-11-10-13(2,3)15-12-8-6-5-7-9-12/h5-9H,4,10-11H2,1-3H3. The fraction of sp³-hybridized carbons (Fsp3) is 0.538.